The number of benzene rings is 1. The van der Waals surface area contributed by atoms with E-state index in [-0.39, 0.29) is 5.75 Å². The summed E-state index contributed by atoms with van der Waals surface area (Å²) in [5, 5.41) is 13.3. The molecule has 0 amide bonds. The van der Waals surface area contributed by atoms with Crippen LogP contribution in [0.5, 0.6) is 5.75 Å². The van der Waals surface area contributed by atoms with Gasteiger partial charge >= 0.3 is 0 Å². The van der Waals surface area contributed by atoms with Crippen LogP contribution in [-0.4, -0.2) is 34.2 Å². The van der Waals surface area contributed by atoms with Gasteiger partial charge in [-0.3, -0.25) is 0 Å². The molecule has 1 aromatic heterocycles. The molecule has 0 unspecified atom stereocenters. The second kappa shape index (κ2) is 4.55. The third-order valence-corrected chi connectivity index (χ3v) is 2.37. The highest BCUT2D eigenvalue weighted by Gasteiger charge is 2.10. The molecule has 1 aromatic carbocycles. The Morgan fingerprint density at radius 1 is 1.35 bits per heavy atom. The van der Waals surface area contributed by atoms with Gasteiger partial charge in [-0.05, 0) is 44.8 Å². The van der Waals surface area contributed by atoms with E-state index >= 15 is 0 Å². The maximum absolute atomic E-state index is 9.44. The number of rotatable bonds is 3. The lowest BCUT2D eigenvalue weighted by molar-refractivity contribution is 0.365. The zero-order chi connectivity index (χ0) is 12.4. The molecule has 5 nitrogen and oxygen atoms in total. The lowest BCUT2D eigenvalue weighted by Gasteiger charge is -2.03. The number of aromatic nitrogens is 2. The standard InChI is InChI=1S/C12H15N3O2/c1-8-6-9(4-5-10(8)16)12-13-11(14-17-12)7-15(2)3/h4-6,16H,7H2,1-3H3. The second-order valence-corrected chi connectivity index (χ2v) is 4.25. The predicted octanol–water partition coefficient (Wildman–Crippen LogP) is 1.81. The number of phenolic OH excluding ortho intramolecular Hbond substituents is 1. The zero-order valence-electron chi connectivity index (χ0n) is 10.1. The van der Waals surface area contributed by atoms with Crippen molar-refractivity contribution in [3.8, 4) is 17.2 Å². The quantitative estimate of drug-likeness (QED) is 0.876. The Labute approximate surface area is 99.7 Å². The summed E-state index contributed by atoms with van der Waals surface area (Å²) in [4.78, 5) is 6.26. The van der Waals surface area contributed by atoms with Crippen LogP contribution in [0.15, 0.2) is 22.7 Å². The van der Waals surface area contributed by atoms with Crippen LogP contribution in [0.2, 0.25) is 0 Å². The van der Waals surface area contributed by atoms with Crippen molar-refractivity contribution in [2.75, 3.05) is 14.1 Å². The first-order valence-electron chi connectivity index (χ1n) is 5.33. The van der Waals surface area contributed by atoms with Crippen LogP contribution in [0.25, 0.3) is 11.5 Å². The molecule has 1 heterocycles. The van der Waals surface area contributed by atoms with Crippen LogP contribution < -0.4 is 0 Å². The molecular weight excluding hydrogens is 218 g/mol. The van der Waals surface area contributed by atoms with Crippen LogP contribution in [0.3, 0.4) is 0 Å². The van der Waals surface area contributed by atoms with Gasteiger partial charge in [0.1, 0.15) is 5.75 Å². The van der Waals surface area contributed by atoms with Crippen LogP contribution >= 0.6 is 0 Å². The smallest absolute Gasteiger partial charge is 0.257 e. The van der Waals surface area contributed by atoms with E-state index in [1.807, 2.05) is 32.0 Å². The van der Waals surface area contributed by atoms with Crippen molar-refractivity contribution in [2.45, 2.75) is 13.5 Å². The summed E-state index contributed by atoms with van der Waals surface area (Å²) in [6.45, 7) is 2.47. The van der Waals surface area contributed by atoms with Crippen molar-refractivity contribution in [3.63, 3.8) is 0 Å². The minimum Gasteiger partial charge on any atom is -0.508 e. The molecule has 1 N–H and O–H groups in total. The molecule has 0 aliphatic rings. The van der Waals surface area contributed by atoms with Gasteiger partial charge in [0.05, 0.1) is 6.54 Å². The van der Waals surface area contributed by atoms with Gasteiger partial charge in [-0.1, -0.05) is 5.16 Å². The molecule has 0 spiro atoms. The summed E-state index contributed by atoms with van der Waals surface area (Å²) < 4.78 is 5.18. The van der Waals surface area contributed by atoms with Crippen molar-refractivity contribution >= 4 is 0 Å². The number of phenols is 1. The molecule has 0 fully saturated rings. The molecule has 0 radical (unpaired) electrons. The third kappa shape index (κ3) is 2.62. The lowest BCUT2D eigenvalue weighted by atomic mass is 10.1. The fourth-order valence-corrected chi connectivity index (χ4v) is 1.51. The van der Waals surface area contributed by atoms with Gasteiger partial charge < -0.3 is 14.5 Å². The van der Waals surface area contributed by atoms with Crippen molar-refractivity contribution in [1.82, 2.24) is 15.0 Å². The highest BCUT2D eigenvalue weighted by Crippen LogP contribution is 2.24. The molecule has 90 valence electrons. The van der Waals surface area contributed by atoms with Crippen LogP contribution in [0, 0.1) is 6.92 Å². The van der Waals surface area contributed by atoms with Gasteiger partial charge in [0, 0.05) is 5.56 Å². The van der Waals surface area contributed by atoms with Gasteiger partial charge in [0.2, 0.25) is 0 Å². The molecule has 0 bridgehead atoms. The number of aryl methyl sites for hydroxylation is 1. The molecule has 17 heavy (non-hydrogen) atoms. The summed E-state index contributed by atoms with van der Waals surface area (Å²) in [7, 11) is 3.89. The highest BCUT2D eigenvalue weighted by molar-refractivity contribution is 5.56. The van der Waals surface area contributed by atoms with Gasteiger partial charge in [-0.15, -0.1) is 0 Å². The van der Waals surface area contributed by atoms with E-state index in [4.69, 9.17) is 4.52 Å². The summed E-state index contributed by atoms with van der Waals surface area (Å²) in [5.74, 6) is 1.39. The molecule has 0 aliphatic carbocycles. The lowest BCUT2D eigenvalue weighted by Crippen LogP contribution is -2.11. The average Bonchev–Trinajstić information content (AvgIpc) is 2.69. The van der Waals surface area contributed by atoms with Gasteiger partial charge in [-0.2, -0.15) is 4.98 Å². The van der Waals surface area contributed by atoms with Crippen molar-refractivity contribution in [1.29, 1.82) is 0 Å². The van der Waals surface area contributed by atoms with E-state index in [0.29, 0.717) is 18.3 Å². The van der Waals surface area contributed by atoms with E-state index in [2.05, 4.69) is 10.1 Å². The number of hydrogen-bond acceptors (Lipinski definition) is 5. The van der Waals surface area contributed by atoms with Crippen molar-refractivity contribution in [2.24, 2.45) is 0 Å². The molecule has 0 saturated heterocycles. The first kappa shape index (κ1) is 11.6. The van der Waals surface area contributed by atoms with Crippen LogP contribution in [0.1, 0.15) is 11.4 Å². The number of aromatic hydroxyl groups is 1. The van der Waals surface area contributed by atoms with Gasteiger partial charge in [-0.25, -0.2) is 0 Å². The molecule has 2 rings (SSSR count). The van der Waals surface area contributed by atoms with E-state index in [1.54, 1.807) is 12.1 Å². The Balaban J connectivity index is 2.27. The van der Waals surface area contributed by atoms with E-state index < -0.39 is 0 Å². The van der Waals surface area contributed by atoms with Gasteiger partial charge in [0.15, 0.2) is 5.82 Å². The molecule has 2 aromatic rings. The minimum absolute atomic E-state index is 0.266. The summed E-state index contributed by atoms with van der Waals surface area (Å²) in [6.07, 6.45) is 0. The maximum Gasteiger partial charge on any atom is 0.257 e. The Kier molecular flexibility index (Phi) is 3.10. The van der Waals surface area contributed by atoms with Gasteiger partial charge in [0.25, 0.3) is 5.89 Å². The Morgan fingerprint density at radius 3 is 2.76 bits per heavy atom. The predicted molar refractivity (Wildman–Crippen MR) is 63.5 cm³/mol. The number of hydrogen-bond donors (Lipinski definition) is 1. The Hall–Kier alpha value is -1.88. The van der Waals surface area contributed by atoms with E-state index in [0.717, 1.165) is 11.1 Å². The summed E-state index contributed by atoms with van der Waals surface area (Å²) in [5.41, 5.74) is 1.60. The normalized spacial score (nSPS) is 11.1. The first-order valence-corrected chi connectivity index (χ1v) is 5.33. The zero-order valence-corrected chi connectivity index (χ0v) is 10.1. The summed E-state index contributed by atoms with van der Waals surface area (Å²) in [6, 6.07) is 5.21. The fraction of sp³-hybridized carbons (Fsp3) is 0.333. The molecule has 0 saturated carbocycles. The molecule has 0 aliphatic heterocycles. The maximum atomic E-state index is 9.44. The topological polar surface area (TPSA) is 62.4 Å². The van der Waals surface area contributed by atoms with E-state index in [9.17, 15) is 5.11 Å². The van der Waals surface area contributed by atoms with E-state index in [1.165, 1.54) is 0 Å². The molecular formula is C12H15N3O2. The fourth-order valence-electron chi connectivity index (χ4n) is 1.51. The average molecular weight is 233 g/mol. The Bertz CT molecular complexity index is 520. The summed E-state index contributed by atoms with van der Waals surface area (Å²) >= 11 is 0. The Morgan fingerprint density at radius 2 is 2.12 bits per heavy atom. The first-order chi connectivity index (χ1) is 8.06. The van der Waals surface area contributed by atoms with Crippen LogP contribution in [0.4, 0.5) is 0 Å². The van der Waals surface area contributed by atoms with Crippen molar-refractivity contribution in [3.05, 3.63) is 29.6 Å². The van der Waals surface area contributed by atoms with Crippen molar-refractivity contribution < 1.29 is 9.63 Å². The monoisotopic (exact) mass is 233 g/mol. The van der Waals surface area contributed by atoms with Crippen LogP contribution in [-0.2, 0) is 6.54 Å². The minimum atomic E-state index is 0.266. The highest BCUT2D eigenvalue weighted by atomic mass is 16.5. The SMILES string of the molecule is Cc1cc(-c2nc(CN(C)C)no2)ccc1O. The molecule has 5 heteroatoms. The number of nitrogens with zero attached hydrogens (tertiary/aromatic N) is 3. The molecule has 0 atom stereocenters. The largest absolute Gasteiger partial charge is 0.508 e. The third-order valence-electron chi connectivity index (χ3n) is 2.37. The second-order valence-electron chi connectivity index (χ2n) is 4.25.